The van der Waals surface area contributed by atoms with E-state index in [4.69, 9.17) is 5.26 Å². The van der Waals surface area contributed by atoms with E-state index in [0.29, 0.717) is 0 Å². The van der Waals surface area contributed by atoms with Gasteiger partial charge in [-0.2, -0.15) is 5.26 Å². The van der Waals surface area contributed by atoms with Gasteiger partial charge in [0.2, 0.25) is 5.91 Å². The number of carbonyl (C=O) groups excluding carboxylic acids is 1. The minimum atomic E-state index is -0.125. The van der Waals surface area contributed by atoms with Crippen LogP contribution in [0.3, 0.4) is 0 Å². The minimum Gasteiger partial charge on any atom is -0.344 e. The summed E-state index contributed by atoms with van der Waals surface area (Å²) in [6.07, 6.45) is 0.816. The van der Waals surface area contributed by atoms with E-state index in [2.05, 4.69) is 5.32 Å². The first kappa shape index (κ1) is 8.02. The largest absolute Gasteiger partial charge is 0.344 e. The van der Waals surface area contributed by atoms with Gasteiger partial charge in [0, 0.05) is 13.6 Å². The predicted octanol–water partition coefficient (Wildman–Crippen LogP) is -0.670. The van der Waals surface area contributed by atoms with Crippen molar-refractivity contribution in [2.45, 2.75) is 12.5 Å². The molecule has 1 amide bonds. The van der Waals surface area contributed by atoms with Crippen LogP contribution in [0.1, 0.15) is 6.42 Å². The summed E-state index contributed by atoms with van der Waals surface area (Å²) in [4.78, 5) is 12.8. The number of nitrogens with one attached hydrogen (secondary N) is 1. The van der Waals surface area contributed by atoms with Gasteiger partial charge >= 0.3 is 0 Å². The number of hydrogen-bond acceptors (Lipinski definition) is 3. The molecule has 1 atom stereocenters. The van der Waals surface area contributed by atoms with Crippen molar-refractivity contribution in [1.82, 2.24) is 10.2 Å². The van der Waals surface area contributed by atoms with E-state index in [0.717, 1.165) is 13.0 Å². The van der Waals surface area contributed by atoms with Gasteiger partial charge in [0.1, 0.15) is 0 Å². The van der Waals surface area contributed by atoms with E-state index in [1.807, 2.05) is 6.07 Å². The molecule has 0 spiro atoms. The van der Waals surface area contributed by atoms with Crippen LogP contribution in [0.5, 0.6) is 0 Å². The van der Waals surface area contributed by atoms with Crippen LogP contribution in [-0.2, 0) is 4.79 Å². The lowest BCUT2D eigenvalue weighted by Crippen LogP contribution is -2.36. The lowest BCUT2D eigenvalue weighted by atomic mass is 10.2. The number of likely N-dealkylation sites (tertiary alicyclic amines) is 1. The van der Waals surface area contributed by atoms with Crippen molar-refractivity contribution in [3.05, 3.63) is 0 Å². The molecule has 1 aliphatic rings. The maximum atomic E-state index is 11.2. The molecule has 1 heterocycles. The van der Waals surface area contributed by atoms with Crippen molar-refractivity contribution in [1.29, 1.82) is 5.26 Å². The van der Waals surface area contributed by atoms with Crippen LogP contribution < -0.4 is 5.32 Å². The fourth-order valence-electron chi connectivity index (χ4n) is 1.18. The Balaban J connectivity index is 2.38. The van der Waals surface area contributed by atoms with Gasteiger partial charge in [0.25, 0.3) is 0 Å². The molecular weight excluding hydrogens is 142 g/mol. The van der Waals surface area contributed by atoms with Crippen LogP contribution in [-0.4, -0.2) is 37.0 Å². The van der Waals surface area contributed by atoms with Gasteiger partial charge in [0.15, 0.2) is 0 Å². The molecule has 0 radical (unpaired) electrons. The summed E-state index contributed by atoms with van der Waals surface area (Å²) in [7, 11) is 1.77. The van der Waals surface area contributed by atoms with E-state index in [1.54, 1.807) is 11.9 Å². The zero-order chi connectivity index (χ0) is 8.27. The van der Waals surface area contributed by atoms with Crippen LogP contribution in [0.15, 0.2) is 0 Å². The average molecular weight is 153 g/mol. The molecule has 4 heteroatoms. The number of nitriles is 1. The highest BCUT2D eigenvalue weighted by Gasteiger charge is 2.27. The summed E-state index contributed by atoms with van der Waals surface area (Å²) in [6.45, 7) is 1.05. The van der Waals surface area contributed by atoms with Crippen LogP contribution in [0, 0.1) is 11.3 Å². The molecule has 0 saturated carbocycles. The summed E-state index contributed by atoms with van der Waals surface area (Å²) >= 11 is 0. The highest BCUT2D eigenvalue weighted by molar-refractivity contribution is 5.83. The van der Waals surface area contributed by atoms with Gasteiger partial charge in [0.05, 0.1) is 18.7 Å². The van der Waals surface area contributed by atoms with Crippen molar-refractivity contribution >= 4 is 5.91 Å². The molecule has 1 saturated heterocycles. The normalized spacial score (nSPS) is 23.8. The third-order valence-electron chi connectivity index (χ3n) is 1.86. The second-order valence-electron chi connectivity index (χ2n) is 2.64. The molecule has 60 valence electrons. The summed E-state index contributed by atoms with van der Waals surface area (Å²) in [5.74, 6) is 0.0975. The quantitative estimate of drug-likeness (QED) is 0.535. The molecule has 1 unspecified atom stereocenters. The fraction of sp³-hybridized carbons (Fsp3) is 0.714. The van der Waals surface area contributed by atoms with Gasteiger partial charge in [-0.25, -0.2) is 0 Å². The molecule has 0 aromatic carbocycles. The third kappa shape index (κ3) is 1.69. The molecule has 0 aromatic heterocycles. The summed E-state index contributed by atoms with van der Waals surface area (Å²) in [5.41, 5.74) is 0. The number of rotatable bonds is 2. The topological polar surface area (TPSA) is 56.1 Å². The van der Waals surface area contributed by atoms with Gasteiger partial charge in [-0.3, -0.25) is 10.1 Å². The van der Waals surface area contributed by atoms with E-state index in [1.165, 1.54) is 0 Å². The maximum absolute atomic E-state index is 11.2. The summed E-state index contributed by atoms with van der Waals surface area (Å²) in [5, 5.41) is 11.1. The lowest BCUT2D eigenvalue weighted by molar-refractivity contribution is -0.128. The Labute approximate surface area is 65.8 Å². The second kappa shape index (κ2) is 3.35. The first-order valence-electron chi connectivity index (χ1n) is 3.61. The van der Waals surface area contributed by atoms with E-state index >= 15 is 0 Å². The molecule has 0 aromatic rings. The molecule has 0 aliphatic carbocycles. The molecule has 1 fully saturated rings. The Bertz CT molecular complexity index is 196. The maximum Gasteiger partial charge on any atom is 0.239 e. The smallest absolute Gasteiger partial charge is 0.239 e. The van der Waals surface area contributed by atoms with E-state index in [-0.39, 0.29) is 18.5 Å². The standard InChI is InChI=1S/C7H11N3O/c1-10-5-2-6(7(10)11)9-4-3-8/h6,9H,2,4-5H2,1H3. The van der Waals surface area contributed by atoms with Crippen LogP contribution in [0.4, 0.5) is 0 Å². The zero-order valence-corrected chi connectivity index (χ0v) is 6.50. The van der Waals surface area contributed by atoms with Crippen molar-refractivity contribution in [3.8, 4) is 6.07 Å². The average Bonchev–Trinajstić information content (AvgIpc) is 2.31. The van der Waals surface area contributed by atoms with Crippen molar-refractivity contribution in [2.75, 3.05) is 20.1 Å². The lowest BCUT2D eigenvalue weighted by Gasteiger charge is -2.09. The molecule has 0 bridgehead atoms. The molecule has 1 N–H and O–H groups in total. The van der Waals surface area contributed by atoms with Crippen LogP contribution in [0.2, 0.25) is 0 Å². The van der Waals surface area contributed by atoms with Gasteiger partial charge in [-0.1, -0.05) is 0 Å². The van der Waals surface area contributed by atoms with Crippen LogP contribution >= 0.6 is 0 Å². The number of likely N-dealkylation sites (N-methyl/N-ethyl adjacent to an activating group) is 1. The molecule has 11 heavy (non-hydrogen) atoms. The summed E-state index contributed by atoms with van der Waals surface area (Å²) in [6, 6.07) is 1.82. The Kier molecular flexibility index (Phi) is 2.44. The monoisotopic (exact) mass is 153 g/mol. The molecule has 1 aliphatic heterocycles. The highest BCUT2D eigenvalue weighted by Crippen LogP contribution is 2.07. The van der Waals surface area contributed by atoms with E-state index < -0.39 is 0 Å². The van der Waals surface area contributed by atoms with Gasteiger partial charge in [-0.15, -0.1) is 0 Å². The van der Waals surface area contributed by atoms with Crippen molar-refractivity contribution in [2.24, 2.45) is 0 Å². The number of amides is 1. The van der Waals surface area contributed by atoms with Gasteiger partial charge < -0.3 is 4.90 Å². The predicted molar refractivity (Wildman–Crippen MR) is 39.7 cm³/mol. The SMILES string of the molecule is CN1CCC(NCC#N)C1=O. The number of nitrogens with zero attached hydrogens (tertiary/aromatic N) is 2. The zero-order valence-electron chi connectivity index (χ0n) is 6.50. The Morgan fingerprint density at radius 2 is 2.64 bits per heavy atom. The first-order chi connectivity index (χ1) is 5.25. The third-order valence-corrected chi connectivity index (χ3v) is 1.86. The molecule has 4 nitrogen and oxygen atoms in total. The number of carbonyl (C=O) groups is 1. The van der Waals surface area contributed by atoms with E-state index in [9.17, 15) is 4.79 Å². The highest BCUT2D eigenvalue weighted by atomic mass is 16.2. The van der Waals surface area contributed by atoms with Crippen molar-refractivity contribution in [3.63, 3.8) is 0 Å². The first-order valence-corrected chi connectivity index (χ1v) is 3.61. The molecular formula is C7H11N3O. The fourth-order valence-corrected chi connectivity index (χ4v) is 1.18. The Hall–Kier alpha value is -1.08. The Morgan fingerprint density at radius 3 is 3.09 bits per heavy atom. The van der Waals surface area contributed by atoms with Gasteiger partial charge in [-0.05, 0) is 6.42 Å². The number of hydrogen-bond donors (Lipinski definition) is 1. The van der Waals surface area contributed by atoms with Crippen LogP contribution in [0.25, 0.3) is 0 Å². The molecule has 1 rings (SSSR count). The summed E-state index contributed by atoms with van der Waals surface area (Å²) < 4.78 is 0. The minimum absolute atomic E-state index is 0.0975. The van der Waals surface area contributed by atoms with Crippen molar-refractivity contribution < 1.29 is 4.79 Å². The Morgan fingerprint density at radius 1 is 1.91 bits per heavy atom. The second-order valence-corrected chi connectivity index (χ2v) is 2.64.